The fourth-order valence-corrected chi connectivity index (χ4v) is 3.06. The molecule has 0 bridgehead atoms. The Balaban J connectivity index is 1.65. The Morgan fingerprint density at radius 3 is 2.61 bits per heavy atom. The van der Waals surface area contributed by atoms with Gasteiger partial charge in [0.05, 0.1) is 10.8 Å². The van der Waals surface area contributed by atoms with Gasteiger partial charge in [-0.05, 0) is 44.2 Å². The van der Waals surface area contributed by atoms with Crippen molar-refractivity contribution >= 4 is 23.4 Å². The third kappa shape index (κ3) is 4.92. The summed E-state index contributed by atoms with van der Waals surface area (Å²) in [4.78, 5) is 12.3. The molecule has 3 rings (SSSR count). The average Bonchev–Trinajstić information content (AvgIpc) is 3.10. The van der Waals surface area contributed by atoms with Crippen LogP contribution in [0.5, 0.6) is 0 Å². The lowest BCUT2D eigenvalue weighted by Gasteiger charge is -2.12. The zero-order valence-electron chi connectivity index (χ0n) is 14.9. The second kappa shape index (κ2) is 8.05. The van der Waals surface area contributed by atoms with Crippen molar-refractivity contribution in [3.05, 3.63) is 59.7 Å². The lowest BCUT2D eigenvalue weighted by molar-refractivity contribution is -0.137. The van der Waals surface area contributed by atoms with E-state index < -0.39 is 22.9 Å². The number of rotatable bonds is 5. The van der Waals surface area contributed by atoms with E-state index in [1.807, 2.05) is 31.2 Å². The van der Waals surface area contributed by atoms with Crippen LogP contribution in [0.1, 0.15) is 18.1 Å². The molecule has 1 heterocycles. The molecule has 0 fully saturated rings. The Morgan fingerprint density at radius 1 is 1.14 bits per heavy atom. The van der Waals surface area contributed by atoms with Crippen molar-refractivity contribution in [2.45, 2.75) is 30.5 Å². The number of aromatic nitrogens is 2. The predicted octanol–water partition coefficient (Wildman–Crippen LogP) is 5.18. The molecule has 5 nitrogen and oxygen atoms in total. The largest absolute Gasteiger partial charge is 0.416 e. The molecule has 2 aromatic carbocycles. The quantitative estimate of drug-likeness (QED) is 0.590. The topological polar surface area (TPSA) is 68.0 Å². The van der Waals surface area contributed by atoms with Crippen molar-refractivity contribution in [3.63, 3.8) is 0 Å². The molecule has 146 valence electrons. The number of nitrogens with one attached hydrogen (secondary N) is 1. The molecular formula is C19H16F3N3O2S. The number of carbonyl (C=O) groups excluding carboxylic acids is 1. The van der Waals surface area contributed by atoms with E-state index in [0.717, 1.165) is 35.0 Å². The van der Waals surface area contributed by atoms with Crippen LogP contribution in [0.4, 0.5) is 18.9 Å². The molecule has 0 radical (unpaired) electrons. The molecule has 1 amide bonds. The summed E-state index contributed by atoms with van der Waals surface area (Å²) in [5, 5.41) is 9.90. The van der Waals surface area contributed by atoms with Crippen molar-refractivity contribution < 1.29 is 22.4 Å². The van der Waals surface area contributed by atoms with E-state index in [-0.39, 0.29) is 10.9 Å². The van der Waals surface area contributed by atoms with Crippen LogP contribution in [0, 0.1) is 6.92 Å². The third-order valence-corrected chi connectivity index (χ3v) is 4.71. The summed E-state index contributed by atoms with van der Waals surface area (Å²) in [5.41, 5.74) is 1.04. The van der Waals surface area contributed by atoms with Crippen LogP contribution >= 0.6 is 11.8 Å². The summed E-state index contributed by atoms with van der Waals surface area (Å²) < 4.78 is 43.9. The van der Waals surface area contributed by atoms with E-state index in [9.17, 15) is 18.0 Å². The van der Waals surface area contributed by atoms with Gasteiger partial charge in [0.25, 0.3) is 5.22 Å². The summed E-state index contributed by atoms with van der Waals surface area (Å²) in [6, 6.07) is 12.0. The second-order valence-corrected chi connectivity index (χ2v) is 7.36. The highest BCUT2D eigenvalue weighted by atomic mass is 32.2. The normalized spacial score (nSPS) is 12.6. The predicted molar refractivity (Wildman–Crippen MR) is 99.9 cm³/mol. The maximum Gasteiger partial charge on any atom is 0.416 e. The highest BCUT2D eigenvalue weighted by Gasteiger charge is 2.30. The molecule has 1 atom stereocenters. The van der Waals surface area contributed by atoms with Gasteiger partial charge in [0.1, 0.15) is 0 Å². The van der Waals surface area contributed by atoms with E-state index in [0.29, 0.717) is 5.89 Å². The number of hydrogen-bond acceptors (Lipinski definition) is 5. The molecule has 3 aromatic rings. The van der Waals surface area contributed by atoms with Gasteiger partial charge in [0, 0.05) is 11.3 Å². The van der Waals surface area contributed by atoms with Crippen LogP contribution in [0.15, 0.2) is 58.2 Å². The molecule has 28 heavy (non-hydrogen) atoms. The number of nitrogens with zero attached hydrogens (tertiary/aromatic N) is 2. The first-order valence-corrected chi connectivity index (χ1v) is 9.15. The molecule has 1 aromatic heterocycles. The lowest BCUT2D eigenvalue weighted by Crippen LogP contribution is -2.22. The molecule has 0 saturated heterocycles. The molecule has 0 aliphatic rings. The van der Waals surface area contributed by atoms with E-state index in [1.165, 1.54) is 12.1 Å². The molecular weight excluding hydrogens is 391 g/mol. The fraction of sp³-hybridized carbons (Fsp3) is 0.211. The number of thioether (sulfide) groups is 1. The number of aryl methyl sites for hydroxylation is 1. The second-order valence-electron chi connectivity index (χ2n) is 6.07. The summed E-state index contributed by atoms with van der Waals surface area (Å²) in [5.74, 6) is -0.142. The number of amides is 1. The molecule has 0 spiro atoms. The van der Waals surface area contributed by atoms with Crippen LogP contribution in [0.25, 0.3) is 11.5 Å². The van der Waals surface area contributed by atoms with Crippen molar-refractivity contribution in [1.29, 1.82) is 0 Å². The summed E-state index contributed by atoms with van der Waals surface area (Å²) in [7, 11) is 0. The first-order valence-electron chi connectivity index (χ1n) is 8.28. The standard InChI is InChI=1S/C19H16F3N3O2S/c1-11-5-3-6-13(9-11)17-24-25-18(27-17)28-12(2)16(26)23-15-8-4-7-14(10-15)19(20,21)22/h3-10,12H,1-2H3,(H,23,26)/t12-/m1/s1. The number of alkyl halides is 3. The number of benzene rings is 2. The third-order valence-electron chi connectivity index (χ3n) is 3.78. The van der Waals surface area contributed by atoms with E-state index in [1.54, 1.807) is 6.92 Å². The molecule has 9 heteroatoms. The van der Waals surface area contributed by atoms with Gasteiger partial charge in [-0.2, -0.15) is 13.2 Å². The highest BCUT2D eigenvalue weighted by molar-refractivity contribution is 8.00. The molecule has 0 aliphatic heterocycles. The molecule has 0 unspecified atom stereocenters. The van der Waals surface area contributed by atoms with Crippen LogP contribution in [-0.4, -0.2) is 21.4 Å². The first-order chi connectivity index (χ1) is 13.2. The SMILES string of the molecule is Cc1cccc(-c2nnc(S[C@H](C)C(=O)Nc3cccc(C(F)(F)F)c3)o2)c1. The zero-order chi connectivity index (χ0) is 20.3. The average molecular weight is 407 g/mol. The summed E-state index contributed by atoms with van der Waals surface area (Å²) in [6.45, 7) is 3.54. The van der Waals surface area contributed by atoms with Gasteiger partial charge in [-0.25, -0.2) is 0 Å². The van der Waals surface area contributed by atoms with Crippen LogP contribution in [-0.2, 0) is 11.0 Å². The minimum Gasteiger partial charge on any atom is -0.411 e. The molecule has 0 aliphatic carbocycles. The van der Waals surface area contributed by atoms with E-state index >= 15 is 0 Å². The van der Waals surface area contributed by atoms with Crippen molar-refractivity contribution in [2.75, 3.05) is 5.32 Å². The Hall–Kier alpha value is -2.81. The lowest BCUT2D eigenvalue weighted by atomic mass is 10.1. The van der Waals surface area contributed by atoms with Gasteiger partial charge in [0.2, 0.25) is 11.8 Å². The van der Waals surface area contributed by atoms with Crippen molar-refractivity contribution in [1.82, 2.24) is 10.2 Å². The number of halogens is 3. The minimum absolute atomic E-state index is 0.0678. The summed E-state index contributed by atoms with van der Waals surface area (Å²) in [6.07, 6.45) is -4.48. The smallest absolute Gasteiger partial charge is 0.411 e. The maximum atomic E-state index is 12.8. The number of carbonyl (C=O) groups is 1. The van der Waals surface area contributed by atoms with E-state index in [2.05, 4.69) is 15.5 Å². The zero-order valence-corrected chi connectivity index (χ0v) is 15.8. The summed E-state index contributed by atoms with van der Waals surface area (Å²) >= 11 is 1.03. The van der Waals surface area contributed by atoms with Crippen molar-refractivity contribution in [3.8, 4) is 11.5 Å². The van der Waals surface area contributed by atoms with Crippen LogP contribution in [0.3, 0.4) is 0 Å². The van der Waals surface area contributed by atoms with Gasteiger partial charge in [0.15, 0.2) is 0 Å². The fourth-order valence-electron chi connectivity index (χ4n) is 2.37. The monoisotopic (exact) mass is 407 g/mol. The van der Waals surface area contributed by atoms with E-state index in [4.69, 9.17) is 4.42 Å². The Kier molecular flexibility index (Phi) is 5.73. The van der Waals surface area contributed by atoms with Gasteiger partial charge in [-0.1, -0.05) is 35.5 Å². The molecule has 1 N–H and O–H groups in total. The highest BCUT2D eigenvalue weighted by Crippen LogP contribution is 2.31. The van der Waals surface area contributed by atoms with Gasteiger partial charge >= 0.3 is 6.18 Å². The maximum absolute atomic E-state index is 12.8. The van der Waals surface area contributed by atoms with Crippen molar-refractivity contribution in [2.24, 2.45) is 0 Å². The van der Waals surface area contributed by atoms with Crippen LogP contribution in [0.2, 0.25) is 0 Å². The number of anilines is 1. The van der Waals surface area contributed by atoms with Gasteiger partial charge in [-0.15, -0.1) is 10.2 Å². The van der Waals surface area contributed by atoms with Gasteiger partial charge < -0.3 is 9.73 Å². The first kappa shape index (κ1) is 19.9. The Labute approximate surface area is 163 Å². The minimum atomic E-state index is -4.48. The Bertz CT molecular complexity index is 988. The Morgan fingerprint density at radius 2 is 1.89 bits per heavy atom. The van der Waals surface area contributed by atoms with Gasteiger partial charge in [-0.3, -0.25) is 4.79 Å². The molecule has 0 saturated carbocycles. The number of hydrogen-bond donors (Lipinski definition) is 1. The van der Waals surface area contributed by atoms with Crippen LogP contribution < -0.4 is 5.32 Å².